The summed E-state index contributed by atoms with van der Waals surface area (Å²) in [5.74, 6) is 2.34. The van der Waals surface area contributed by atoms with Crippen molar-refractivity contribution in [3.05, 3.63) is 253 Å². The Balaban J connectivity index is 0.000000183. The van der Waals surface area contributed by atoms with Crippen LogP contribution in [0, 0.1) is 19.2 Å². The normalized spacial score (nSPS) is 10.7. The van der Waals surface area contributed by atoms with Crippen molar-refractivity contribution in [2.75, 3.05) is 0 Å². The Morgan fingerprint density at radius 1 is 0.435 bits per heavy atom. The molecule has 2 heterocycles. The molecular formula is C62H49IrN6-. The van der Waals surface area contributed by atoms with E-state index in [9.17, 15) is 0 Å². The van der Waals surface area contributed by atoms with Crippen molar-refractivity contribution in [3.63, 3.8) is 0 Å². The van der Waals surface area contributed by atoms with E-state index in [0.29, 0.717) is 23.2 Å². The van der Waals surface area contributed by atoms with E-state index in [4.69, 9.17) is 23.1 Å². The number of hydrogen-bond donors (Lipinski definition) is 0. The second-order valence-electron chi connectivity index (χ2n) is 17.2. The van der Waals surface area contributed by atoms with Crippen LogP contribution in [0.15, 0.2) is 213 Å². The Morgan fingerprint density at radius 3 is 1.22 bits per heavy atom. The van der Waals surface area contributed by atoms with Crippen molar-refractivity contribution >= 4 is 11.4 Å². The first kappa shape index (κ1) is 47.3. The van der Waals surface area contributed by atoms with E-state index >= 15 is 0 Å². The molecule has 0 aliphatic rings. The molecule has 10 aromatic rings. The first-order valence-corrected chi connectivity index (χ1v) is 22.8. The Morgan fingerprint density at radius 2 is 0.812 bits per heavy atom. The molecule has 1 radical (unpaired) electrons. The minimum atomic E-state index is 0. The molecular weight excluding hydrogens is 1020 g/mol. The van der Waals surface area contributed by atoms with Gasteiger partial charge in [0.15, 0.2) is 5.69 Å². The topological polar surface area (TPSA) is 44.4 Å². The number of nitrogens with zero attached hydrogens (tertiary/aromatic N) is 6. The standard InChI is InChI=1S/C31H25N3.C31H24N3.Ir/c2*1-22(2)26-20-28(23-11-6-4-7-12-23)30(29(21-26)24-13-8-5-9-14-24)34-18-17-33-31(34)25-15-10-16-27(19-25)32-3;/h4-22H,1-2H3;4-14,16-22H,1-2H3;/q;-1;. The SMILES string of the molecule is [C-]#[N+]c1cc[c-]c(-c2nccn2-c2c(-c3ccccc3)cc(C(C)C)cc2-c2ccccc2)c1.[C-]#[N+]c1cccc(-c2nccn2-c2c(-c3ccccc3)cc(C(C)C)cc2-c2ccccc2)c1.[Ir]. The van der Waals surface area contributed by atoms with E-state index in [-0.39, 0.29) is 20.1 Å². The van der Waals surface area contributed by atoms with Crippen LogP contribution in [0.1, 0.15) is 50.7 Å². The summed E-state index contributed by atoms with van der Waals surface area (Å²) in [7, 11) is 0. The van der Waals surface area contributed by atoms with Gasteiger partial charge in [0.2, 0.25) is 0 Å². The molecule has 8 aromatic carbocycles. The maximum atomic E-state index is 7.44. The molecule has 0 fully saturated rings. The Kier molecular flexibility index (Phi) is 14.8. The molecule has 0 saturated carbocycles. The predicted octanol–water partition coefficient (Wildman–Crippen LogP) is 16.9. The second kappa shape index (κ2) is 21.6. The maximum Gasteiger partial charge on any atom is 0.187 e. The van der Waals surface area contributed by atoms with Gasteiger partial charge in [0.25, 0.3) is 0 Å². The van der Waals surface area contributed by atoms with Crippen molar-refractivity contribution in [2.45, 2.75) is 39.5 Å². The molecule has 0 N–H and O–H groups in total. The van der Waals surface area contributed by atoms with Gasteiger partial charge in [0.05, 0.1) is 30.3 Å². The van der Waals surface area contributed by atoms with Gasteiger partial charge in [0, 0.05) is 72.7 Å². The van der Waals surface area contributed by atoms with Gasteiger partial charge < -0.3 is 4.57 Å². The summed E-state index contributed by atoms with van der Waals surface area (Å²) in [5.41, 5.74) is 16.8. The van der Waals surface area contributed by atoms with Crippen molar-refractivity contribution in [2.24, 2.45) is 0 Å². The van der Waals surface area contributed by atoms with Crippen molar-refractivity contribution in [3.8, 4) is 78.7 Å². The molecule has 0 aliphatic carbocycles. The number of aromatic nitrogens is 4. The number of imidazole rings is 2. The summed E-state index contributed by atoms with van der Waals surface area (Å²) in [4.78, 5) is 16.6. The third-order valence-corrected chi connectivity index (χ3v) is 12.1. The van der Waals surface area contributed by atoms with Gasteiger partial charge in [-0.2, -0.15) is 6.07 Å². The summed E-state index contributed by atoms with van der Waals surface area (Å²) >= 11 is 0. The summed E-state index contributed by atoms with van der Waals surface area (Å²) in [6.45, 7) is 23.8. The Hall–Kier alpha value is -8.19. The second-order valence-corrected chi connectivity index (χ2v) is 17.2. The van der Waals surface area contributed by atoms with E-state index in [0.717, 1.165) is 78.7 Å². The van der Waals surface area contributed by atoms with Gasteiger partial charge >= 0.3 is 0 Å². The van der Waals surface area contributed by atoms with E-state index in [1.54, 1.807) is 12.1 Å². The van der Waals surface area contributed by atoms with Gasteiger partial charge in [-0.15, -0.1) is 23.8 Å². The average Bonchev–Trinajstić information content (AvgIpc) is 4.10. The number of benzene rings is 8. The molecule has 0 saturated heterocycles. The van der Waals surface area contributed by atoms with Gasteiger partial charge in [0.1, 0.15) is 11.5 Å². The third kappa shape index (κ3) is 10.2. The van der Waals surface area contributed by atoms with Crippen LogP contribution in [0.4, 0.5) is 11.4 Å². The average molecular weight is 1070 g/mol. The van der Waals surface area contributed by atoms with E-state index in [1.165, 1.54) is 11.1 Å². The molecule has 0 unspecified atom stereocenters. The van der Waals surface area contributed by atoms with Crippen LogP contribution in [-0.2, 0) is 20.1 Å². The molecule has 69 heavy (non-hydrogen) atoms. The van der Waals surface area contributed by atoms with Crippen molar-refractivity contribution in [1.29, 1.82) is 0 Å². The zero-order valence-corrected chi connectivity index (χ0v) is 41.3. The van der Waals surface area contributed by atoms with E-state index in [1.807, 2.05) is 79.4 Å². The van der Waals surface area contributed by atoms with Crippen LogP contribution in [-0.4, -0.2) is 19.1 Å². The fourth-order valence-corrected chi connectivity index (χ4v) is 8.60. The Labute approximate surface area is 419 Å². The quantitative estimate of drug-likeness (QED) is 0.128. The molecule has 0 atom stereocenters. The molecule has 6 nitrogen and oxygen atoms in total. The predicted molar refractivity (Wildman–Crippen MR) is 279 cm³/mol. The smallest absolute Gasteiger partial charge is 0.187 e. The number of hydrogen-bond acceptors (Lipinski definition) is 2. The fourth-order valence-electron chi connectivity index (χ4n) is 8.60. The first-order valence-electron chi connectivity index (χ1n) is 22.8. The van der Waals surface area contributed by atoms with Crippen LogP contribution >= 0.6 is 0 Å². The fraction of sp³-hybridized carbons (Fsp3) is 0.0968. The van der Waals surface area contributed by atoms with Crippen LogP contribution in [0.5, 0.6) is 0 Å². The summed E-state index contributed by atoms with van der Waals surface area (Å²) in [5, 5.41) is 0. The first-order chi connectivity index (χ1) is 33.3. The summed E-state index contributed by atoms with van der Waals surface area (Å²) in [6.07, 6.45) is 7.66. The minimum Gasteiger partial charge on any atom is -0.339 e. The zero-order chi connectivity index (χ0) is 47.0. The Bertz CT molecular complexity index is 3060. The van der Waals surface area contributed by atoms with Gasteiger partial charge in [-0.3, -0.25) is 14.4 Å². The van der Waals surface area contributed by atoms with Crippen LogP contribution in [0.3, 0.4) is 0 Å². The van der Waals surface area contributed by atoms with Crippen LogP contribution < -0.4 is 0 Å². The van der Waals surface area contributed by atoms with E-state index < -0.39 is 0 Å². The van der Waals surface area contributed by atoms with Crippen molar-refractivity contribution in [1.82, 2.24) is 19.1 Å². The largest absolute Gasteiger partial charge is 0.339 e. The van der Waals surface area contributed by atoms with Crippen LogP contribution in [0.2, 0.25) is 0 Å². The van der Waals surface area contributed by atoms with E-state index in [2.05, 4.69) is 174 Å². The summed E-state index contributed by atoms with van der Waals surface area (Å²) < 4.78 is 4.30. The number of rotatable bonds is 10. The molecule has 7 heteroatoms. The molecule has 2 aromatic heterocycles. The van der Waals surface area contributed by atoms with Crippen molar-refractivity contribution < 1.29 is 20.1 Å². The van der Waals surface area contributed by atoms with Gasteiger partial charge in [-0.1, -0.05) is 167 Å². The molecule has 0 aliphatic heterocycles. The minimum absolute atomic E-state index is 0. The van der Waals surface area contributed by atoms with Crippen LogP contribution in [0.25, 0.3) is 88.3 Å². The molecule has 0 amide bonds. The molecule has 0 spiro atoms. The summed E-state index contributed by atoms with van der Waals surface area (Å²) in [6, 6.07) is 67.6. The molecule has 0 bridgehead atoms. The monoisotopic (exact) mass is 1070 g/mol. The maximum absolute atomic E-state index is 7.44. The molecule has 10 rings (SSSR count). The zero-order valence-electron chi connectivity index (χ0n) is 38.9. The third-order valence-electron chi connectivity index (χ3n) is 12.1. The van der Waals surface area contributed by atoms with Gasteiger partial charge in [-0.05, 0) is 75.5 Å². The molecule has 337 valence electrons. The van der Waals surface area contributed by atoms with Gasteiger partial charge in [-0.25, -0.2) is 9.83 Å².